The first-order chi connectivity index (χ1) is 14.6. The summed E-state index contributed by atoms with van der Waals surface area (Å²) in [4.78, 5) is 34.6. The van der Waals surface area contributed by atoms with Gasteiger partial charge in [-0.1, -0.05) is 23.7 Å². The lowest BCUT2D eigenvalue weighted by Crippen LogP contribution is -2.58. The number of carbonyl (C=O) groups excluding carboxylic acids is 2. The molecule has 30 heavy (non-hydrogen) atoms. The van der Waals surface area contributed by atoms with Crippen LogP contribution in [0, 0.1) is 0 Å². The second kappa shape index (κ2) is 7.15. The van der Waals surface area contributed by atoms with Gasteiger partial charge in [-0.05, 0) is 48.0 Å². The molecule has 1 saturated heterocycles. The molecule has 1 aromatic carbocycles. The number of nitrogens with zero attached hydrogens (tertiary/aromatic N) is 3. The molecule has 0 bridgehead atoms. The average molecular weight is 420 g/mol. The molecule has 0 saturated carbocycles. The highest BCUT2D eigenvalue weighted by molar-refractivity contribution is 6.30. The highest BCUT2D eigenvalue weighted by Gasteiger charge is 2.55. The van der Waals surface area contributed by atoms with E-state index < -0.39 is 5.66 Å². The monoisotopic (exact) mass is 419 g/mol. The van der Waals surface area contributed by atoms with Gasteiger partial charge >= 0.3 is 0 Å². The van der Waals surface area contributed by atoms with Crippen LogP contribution in [0.3, 0.4) is 0 Å². The molecule has 3 aromatic rings. The van der Waals surface area contributed by atoms with Crippen LogP contribution in [0.5, 0.6) is 0 Å². The summed E-state index contributed by atoms with van der Waals surface area (Å²) in [5.74, 6) is 0.271. The summed E-state index contributed by atoms with van der Waals surface area (Å²) in [5.41, 5.74) is 1.15. The topological polar surface area (TPSA) is 66.7 Å². The normalized spacial score (nSPS) is 20.5. The fourth-order valence-electron chi connectivity index (χ4n) is 4.38. The lowest BCUT2D eigenvalue weighted by Gasteiger charge is -2.46. The maximum atomic E-state index is 13.3. The molecule has 2 amide bonds. The van der Waals surface area contributed by atoms with E-state index >= 15 is 0 Å². The van der Waals surface area contributed by atoms with Gasteiger partial charge in [-0.25, -0.2) is 0 Å². The average Bonchev–Trinajstić information content (AvgIpc) is 3.41. The summed E-state index contributed by atoms with van der Waals surface area (Å²) in [7, 11) is 0. The van der Waals surface area contributed by atoms with Crippen molar-refractivity contribution in [2.45, 2.75) is 12.1 Å². The van der Waals surface area contributed by atoms with Gasteiger partial charge in [-0.2, -0.15) is 0 Å². The zero-order chi connectivity index (χ0) is 20.7. The number of aromatic nitrogens is 1. The van der Waals surface area contributed by atoms with E-state index in [0.29, 0.717) is 41.6 Å². The van der Waals surface area contributed by atoms with Crippen LogP contribution in [-0.4, -0.2) is 39.7 Å². The first kappa shape index (κ1) is 18.6. The smallest absolute Gasteiger partial charge is 0.257 e. The zero-order valence-electron chi connectivity index (χ0n) is 16.0. The Morgan fingerprint density at radius 2 is 1.97 bits per heavy atom. The van der Waals surface area contributed by atoms with Gasteiger partial charge in [0.2, 0.25) is 5.91 Å². The van der Waals surface area contributed by atoms with Crippen LogP contribution in [0.2, 0.25) is 5.02 Å². The molecule has 2 aliphatic rings. The van der Waals surface area contributed by atoms with Crippen molar-refractivity contribution >= 4 is 29.5 Å². The maximum absolute atomic E-state index is 13.3. The number of rotatable bonds is 3. The van der Waals surface area contributed by atoms with Crippen LogP contribution in [0.1, 0.15) is 27.4 Å². The molecule has 1 atom stereocenters. The van der Waals surface area contributed by atoms with Gasteiger partial charge in [0.25, 0.3) is 5.91 Å². The van der Waals surface area contributed by atoms with Crippen molar-refractivity contribution in [3.8, 4) is 0 Å². The molecule has 1 unspecified atom stereocenters. The minimum Gasteiger partial charge on any atom is -0.465 e. The first-order valence-corrected chi connectivity index (χ1v) is 10.0. The summed E-state index contributed by atoms with van der Waals surface area (Å²) in [6, 6.07) is 14.4. The minimum atomic E-state index is -0.951. The second-order valence-corrected chi connectivity index (χ2v) is 7.73. The van der Waals surface area contributed by atoms with E-state index in [2.05, 4.69) is 4.98 Å². The molecule has 6 nitrogen and oxygen atoms in total. The van der Waals surface area contributed by atoms with Gasteiger partial charge in [0.15, 0.2) is 0 Å². The minimum absolute atomic E-state index is 0.121. The van der Waals surface area contributed by atoms with Crippen molar-refractivity contribution in [2.24, 2.45) is 0 Å². The van der Waals surface area contributed by atoms with E-state index in [0.717, 1.165) is 5.56 Å². The number of halogens is 1. The molecular weight excluding hydrogens is 402 g/mol. The Balaban J connectivity index is 1.62. The van der Waals surface area contributed by atoms with E-state index in [4.69, 9.17) is 16.0 Å². The number of carbonyl (C=O) groups is 2. The van der Waals surface area contributed by atoms with Gasteiger partial charge in [-0.3, -0.25) is 14.6 Å². The van der Waals surface area contributed by atoms with Gasteiger partial charge in [0.1, 0.15) is 11.4 Å². The molecule has 150 valence electrons. The van der Waals surface area contributed by atoms with Crippen molar-refractivity contribution in [1.29, 1.82) is 0 Å². The van der Waals surface area contributed by atoms with E-state index in [1.54, 1.807) is 64.7 Å². The number of hydrogen-bond acceptors (Lipinski definition) is 4. The number of hydrogen-bond donors (Lipinski definition) is 0. The van der Waals surface area contributed by atoms with Crippen LogP contribution >= 0.6 is 11.6 Å². The maximum Gasteiger partial charge on any atom is 0.257 e. The molecule has 2 aromatic heterocycles. The van der Waals surface area contributed by atoms with E-state index in [1.165, 1.54) is 6.08 Å². The summed E-state index contributed by atoms with van der Waals surface area (Å²) in [6.07, 6.45) is 6.77. The van der Waals surface area contributed by atoms with Crippen molar-refractivity contribution in [1.82, 2.24) is 14.8 Å². The quantitative estimate of drug-likeness (QED) is 0.606. The number of amides is 2. The molecule has 2 aliphatic heterocycles. The SMILES string of the molecule is O=C(/C=C/c1ccco1)N1CCN2C(=O)c3cccnc3CC12c1ccc(Cl)cc1. The summed E-state index contributed by atoms with van der Waals surface area (Å²) in [6.45, 7) is 0.861. The van der Waals surface area contributed by atoms with Crippen LogP contribution in [0.15, 0.2) is 71.5 Å². The zero-order valence-corrected chi connectivity index (χ0v) is 16.7. The fraction of sp³-hybridized carbons (Fsp3) is 0.174. The molecule has 0 spiro atoms. The molecule has 0 radical (unpaired) electrons. The third-order valence-corrected chi connectivity index (χ3v) is 5.98. The van der Waals surface area contributed by atoms with Gasteiger partial charge in [0.05, 0.1) is 17.5 Å². The van der Waals surface area contributed by atoms with Gasteiger partial charge in [-0.15, -0.1) is 0 Å². The summed E-state index contributed by atoms with van der Waals surface area (Å²) in [5, 5.41) is 0.593. The van der Waals surface area contributed by atoms with Crippen LogP contribution in [-0.2, 0) is 16.9 Å². The fourth-order valence-corrected chi connectivity index (χ4v) is 4.51. The van der Waals surface area contributed by atoms with Crippen LogP contribution in [0.25, 0.3) is 6.08 Å². The van der Waals surface area contributed by atoms with Gasteiger partial charge in [0, 0.05) is 36.8 Å². The molecule has 1 fully saturated rings. The van der Waals surface area contributed by atoms with E-state index in [1.807, 2.05) is 12.1 Å². The van der Waals surface area contributed by atoms with Crippen molar-refractivity contribution in [3.63, 3.8) is 0 Å². The van der Waals surface area contributed by atoms with Crippen LogP contribution in [0.4, 0.5) is 0 Å². The Labute approximate surface area is 178 Å². The standard InChI is InChI=1S/C23H18ClN3O3/c24-17-7-5-16(6-8-17)23-15-20-19(4-1-11-25-20)22(29)27(23)13-12-26(23)21(28)10-9-18-3-2-14-30-18/h1-11,14H,12-13,15H2/b10-9+. The number of furan rings is 1. The van der Waals surface area contributed by atoms with Crippen molar-refractivity contribution in [3.05, 3.63) is 94.7 Å². The number of pyridine rings is 1. The van der Waals surface area contributed by atoms with Crippen molar-refractivity contribution in [2.75, 3.05) is 13.1 Å². The summed E-state index contributed by atoms with van der Waals surface area (Å²) >= 11 is 6.11. The highest BCUT2D eigenvalue weighted by atomic mass is 35.5. The number of benzene rings is 1. The summed E-state index contributed by atoms with van der Waals surface area (Å²) < 4.78 is 5.29. The Bertz CT molecular complexity index is 1140. The van der Waals surface area contributed by atoms with Crippen LogP contribution < -0.4 is 0 Å². The highest BCUT2D eigenvalue weighted by Crippen LogP contribution is 2.44. The molecule has 0 N–H and O–H groups in total. The lowest BCUT2D eigenvalue weighted by molar-refractivity contribution is -0.134. The number of fused-ring (bicyclic) bond motifs is 2. The molecule has 5 rings (SSSR count). The first-order valence-electron chi connectivity index (χ1n) is 9.65. The van der Waals surface area contributed by atoms with E-state index in [9.17, 15) is 9.59 Å². The Morgan fingerprint density at radius 1 is 1.13 bits per heavy atom. The molecule has 7 heteroatoms. The third-order valence-electron chi connectivity index (χ3n) is 5.73. The molecular formula is C23H18ClN3O3. The largest absolute Gasteiger partial charge is 0.465 e. The predicted octanol–water partition coefficient (Wildman–Crippen LogP) is 3.73. The Hall–Kier alpha value is -3.38. The Morgan fingerprint density at radius 3 is 2.73 bits per heavy atom. The van der Waals surface area contributed by atoms with Gasteiger partial charge < -0.3 is 14.2 Å². The third kappa shape index (κ3) is 2.83. The molecule has 4 heterocycles. The second-order valence-electron chi connectivity index (χ2n) is 7.29. The lowest BCUT2D eigenvalue weighted by atomic mass is 9.86. The predicted molar refractivity (Wildman–Crippen MR) is 112 cm³/mol. The van der Waals surface area contributed by atoms with E-state index in [-0.39, 0.29) is 11.8 Å². The van der Waals surface area contributed by atoms with Crippen molar-refractivity contribution < 1.29 is 14.0 Å². The molecule has 0 aliphatic carbocycles. The Kier molecular flexibility index (Phi) is 4.44.